The van der Waals surface area contributed by atoms with Gasteiger partial charge in [-0.05, 0) is 19.4 Å². The molecule has 0 bridgehead atoms. The third-order valence-electron chi connectivity index (χ3n) is 3.93. The van der Waals surface area contributed by atoms with Gasteiger partial charge in [-0.1, -0.05) is 0 Å². The molecule has 2 aromatic heterocycles. The van der Waals surface area contributed by atoms with E-state index < -0.39 is 0 Å². The van der Waals surface area contributed by atoms with E-state index in [1.165, 1.54) is 17.2 Å². The van der Waals surface area contributed by atoms with Gasteiger partial charge in [-0.2, -0.15) is 0 Å². The molecule has 0 unspecified atom stereocenters. The van der Waals surface area contributed by atoms with Crippen LogP contribution in [-0.2, 0) is 18.4 Å². The van der Waals surface area contributed by atoms with E-state index in [0.717, 1.165) is 19.4 Å². The number of rotatable bonds is 4. The molecule has 0 aliphatic carbocycles. The second-order valence-corrected chi connectivity index (χ2v) is 5.78. The molecule has 0 aromatic carbocycles. The third kappa shape index (κ3) is 2.93. The molecule has 8 nitrogen and oxygen atoms in total. The second kappa shape index (κ2) is 5.98. The highest BCUT2D eigenvalue weighted by Crippen LogP contribution is 2.09. The van der Waals surface area contributed by atoms with E-state index in [4.69, 9.17) is 0 Å². The number of β-amino-alcohol motifs (C(OH)–C–C–N with tert-alkyl or cyclic N) is 1. The number of likely N-dealkylation sites (tertiary alicyclic amines) is 1. The zero-order chi connectivity index (χ0) is 15.7. The van der Waals surface area contributed by atoms with Crippen molar-refractivity contribution < 1.29 is 9.90 Å². The van der Waals surface area contributed by atoms with Gasteiger partial charge in [-0.25, -0.2) is 9.97 Å². The second-order valence-electron chi connectivity index (χ2n) is 5.78. The quantitative estimate of drug-likeness (QED) is 0.791. The lowest BCUT2D eigenvalue weighted by Gasteiger charge is -2.29. The Labute approximate surface area is 127 Å². The van der Waals surface area contributed by atoms with Gasteiger partial charge in [-0.3, -0.25) is 19.1 Å². The van der Waals surface area contributed by atoms with Crippen molar-refractivity contribution in [1.82, 2.24) is 24.0 Å². The standard InChI is InChI=1S/C14H19N5O3/c1-17-8-15-13-12(17)14(22)19(9-16-13)7-11(21)6-18-4-2-3-10(20)5-18/h8-10,20H,2-7H2,1H3/t10-/m0/s1. The van der Waals surface area contributed by atoms with Crippen LogP contribution < -0.4 is 5.56 Å². The molecule has 1 fully saturated rings. The lowest BCUT2D eigenvalue weighted by Crippen LogP contribution is -2.42. The van der Waals surface area contributed by atoms with E-state index in [9.17, 15) is 14.7 Å². The maximum absolute atomic E-state index is 12.3. The highest BCUT2D eigenvalue weighted by molar-refractivity contribution is 5.80. The van der Waals surface area contributed by atoms with Crippen LogP contribution in [-0.4, -0.2) is 60.6 Å². The number of Topliss-reactive ketones (excluding diaryl/α,β-unsaturated/α-hetero) is 1. The van der Waals surface area contributed by atoms with Gasteiger partial charge in [-0.15, -0.1) is 0 Å². The summed E-state index contributed by atoms with van der Waals surface area (Å²) < 4.78 is 2.92. The molecule has 0 radical (unpaired) electrons. The predicted molar refractivity (Wildman–Crippen MR) is 79.5 cm³/mol. The average Bonchev–Trinajstić information content (AvgIpc) is 2.84. The van der Waals surface area contributed by atoms with Crippen LogP contribution >= 0.6 is 0 Å². The Morgan fingerprint density at radius 1 is 1.36 bits per heavy atom. The maximum atomic E-state index is 12.3. The zero-order valence-electron chi connectivity index (χ0n) is 12.5. The number of ketones is 1. The highest BCUT2D eigenvalue weighted by atomic mass is 16.3. The van der Waals surface area contributed by atoms with Crippen LogP contribution in [0.2, 0.25) is 0 Å². The van der Waals surface area contributed by atoms with Gasteiger partial charge in [0.15, 0.2) is 16.9 Å². The zero-order valence-corrected chi connectivity index (χ0v) is 12.5. The molecule has 3 heterocycles. The van der Waals surface area contributed by atoms with E-state index in [1.54, 1.807) is 11.6 Å². The number of hydrogen-bond acceptors (Lipinski definition) is 6. The molecule has 22 heavy (non-hydrogen) atoms. The van der Waals surface area contributed by atoms with Crippen LogP contribution in [0, 0.1) is 0 Å². The van der Waals surface area contributed by atoms with Crippen LogP contribution in [0.25, 0.3) is 11.2 Å². The van der Waals surface area contributed by atoms with Gasteiger partial charge >= 0.3 is 0 Å². The minimum absolute atomic E-state index is 0.0143. The molecule has 0 amide bonds. The van der Waals surface area contributed by atoms with Gasteiger partial charge in [0.2, 0.25) is 0 Å². The van der Waals surface area contributed by atoms with Crippen molar-refractivity contribution in [3.63, 3.8) is 0 Å². The van der Waals surface area contributed by atoms with Crippen LogP contribution in [0.1, 0.15) is 12.8 Å². The first-order chi connectivity index (χ1) is 10.5. The Morgan fingerprint density at radius 2 is 2.14 bits per heavy atom. The Kier molecular flexibility index (Phi) is 4.04. The number of carbonyl (C=O) groups is 1. The normalized spacial score (nSPS) is 19.6. The van der Waals surface area contributed by atoms with Crippen molar-refractivity contribution in [2.45, 2.75) is 25.5 Å². The van der Waals surface area contributed by atoms with Crippen molar-refractivity contribution in [3.8, 4) is 0 Å². The van der Waals surface area contributed by atoms with Gasteiger partial charge in [0.05, 0.1) is 25.5 Å². The number of hydrogen-bond donors (Lipinski definition) is 1. The fourth-order valence-electron chi connectivity index (χ4n) is 2.85. The predicted octanol–water partition coefficient (Wildman–Crippen LogP) is -0.844. The topological polar surface area (TPSA) is 93.2 Å². The number of fused-ring (bicyclic) bond motifs is 1. The molecule has 118 valence electrons. The van der Waals surface area contributed by atoms with E-state index in [1.807, 2.05) is 4.90 Å². The van der Waals surface area contributed by atoms with Crippen LogP contribution in [0.3, 0.4) is 0 Å². The number of aliphatic hydroxyl groups is 1. The molecule has 1 N–H and O–H groups in total. The number of carbonyl (C=O) groups excluding carboxylic acids is 1. The first kappa shape index (κ1) is 14.9. The summed E-state index contributed by atoms with van der Waals surface area (Å²) in [5.74, 6) is -0.0699. The number of aryl methyl sites for hydroxylation is 1. The summed E-state index contributed by atoms with van der Waals surface area (Å²) >= 11 is 0. The Hall–Kier alpha value is -2.06. The molecular formula is C14H19N5O3. The summed E-state index contributed by atoms with van der Waals surface area (Å²) in [7, 11) is 1.72. The summed E-state index contributed by atoms with van der Waals surface area (Å²) in [6.45, 7) is 1.54. The van der Waals surface area contributed by atoms with E-state index in [0.29, 0.717) is 17.7 Å². The number of piperidine rings is 1. The minimum atomic E-state index is -0.364. The van der Waals surface area contributed by atoms with Gasteiger partial charge in [0.1, 0.15) is 6.33 Å². The smallest absolute Gasteiger partial charge is 0.279 e. The molecular weight excluding hydrogens is 286 g/mol. The Balaban J connectivity index is 1.72. The number of imidazole rings is 1. The summed E-state index contributed by atoms with van der Waals surface area (Å²) in [5.41, 5.74) is 0.510. The first-order valence-corrected chi connectivity index (χ1v) is 7.33. The number of nitrogens with zero attached hydrogens (tertiary/aromatic N) is 5. The Bertz CT molecular complexity index is 751. The summed E-state index contributed by atoms with van der Waals surface area (Å²) in [6, 6.07) is 0. The number of aliphatic hydroxyl groups excluding tert-OH is 1. The molecule has 1 aliphatic rings. The van der Waals surface area contributed by atoms with Crippen molar-refractivity contribution in [3.05, 3.63) is 23.0 Å². The molecule has 0 saturated carbocycles. The van der Waals surface area contributed by atoms with Crippen LogP contribution in [0.5, 0.6) is 0 Å². The van der Waals surface area contributed by atoms with Gasteiger partial charge in [0, 0.05) is 13.6 Å². The average molecular weight is 305 g/mol. The van der Waals surface area contributed by atoms with Crippen molar-refractivity contribution in [2.24, 2.45) is 7.05 Å². The van der Waals surface area contributed by atoms with Crippen molar-refractivity contribution >= 4 is 16.9 Å². The van der Waals surface area contributed by atoms with E-state index in [-0.39, 0.29) is 30.5 Å². The fourth-order valence-corrected chi connectivity index (χ4v) is 2.85. The lowest BCUT2D eigenvalue weighted by atomic mass is 10.1. The maximum Gasteiger partial charge on any atom is 0.279 e. The molecule has 2 aromatic rings. The van der Waals surface area contributed by atoms with Gasteiger partial charge < -0.3 is 9.67 Å². The van der Waals surface area contributed by atoms with Crippen molar-refractivity contribution in [1.29, 1.82) is 0 Å². The van der Waals surface area contributed by atoms with Crippen molar-refractivity contribution in [2.75, 3.05) is 19.6 Å². The summed E-state index contributed by atoms with van der Waals surface area (Å²) in [6.07, 6.45) is 4.19. The van der Waals surface area contributed by atoms with Gasteiger partial charge in [0.25, 0.3) is 5.56 Å². The first-order valence-electron chi connectivity index (χ1n) is 7.33. The molecule has 8 heteroatoms. The van der Waals surface area contributed by atoms with Crippen LogP contribution in [0.4, 0.5) is 0 Å². The summed E-state index contributed by atoms with van der Waals surface area (Å²) in [4.78, 5) is 34.6. The molecule has 1 saturated heterocycles. The summed E-state index contributed by atoms with van der Waals surface area (Å²) in [5, 5.41) is 9.62. The third-order valence-corrected chi connectivity index (χ3v) is 3.93. The lowest BCUT2D eigenvalue weighted by molar-refractivity contribution is -0.121. The van der Waals surface area contributed by atoms with E-state index in [2.05, 4.69) is 9.97 Å². The SMILES string of the molecule is Cn1cnc2ncn(CC(=O)CN3CCC[C@H](O)C3)c(=O)c21. The highest BCUT2D eigenvalue weighted by Gasteiger charge is 2.20. The number of aromatic nitrogens is 4. The largest absolute Gasteiger partial charge is 0.392 e. The molecule has 1 aliphatic heterocycles. The van der Waals surface area contributed by atoms with E-state index >= 15 is 0 Å². The minimum Gasteiger partial charge on any atom is -0.392 e. The Morgan fingerprint density at radius 3 is 2.91 bits per heavy atom. The molecule has 3 rings (SSSR count). The molecule has 0 spiro atoms. The fraction of sp³-hybridized carbons (Fsp3) is 0.571. The monoisotopic (exact) mass is 305 g/mol. The molecule has 1 atom stereocenters. The van der Waals surface area contributed by atoms with Crippen LogP contribution in [0.15, 0.2) is 17.4 Å².